The number of carbonyl (C=O) groups excluding carboxylic acids is 2. The maximum atomic E-state index is 14.4. The molecule has 8 N–H and O–H groups in total. The Hall–Kier alpha value is -4.21. The van der Waals surface area contributed by atoms with Crippen LogP contribution in [-0.2, 0) is 33.4 Å². The summed E-state index contributed by atoms with van der Waals surface area (Å²) in [5.74, 6) is -4.51. The van der Waals surface area contributed by atoms with E-state index < -0.39 is 125 Å². The predicted molar refractivity (Wildman–Crippen MR) is 210 cm³/mol. The first-order chi connectivity index (χ1) is 29.2. The summed E-state index contributed by atoms with van der Waals surface area (Å²) in [7, 11) is 0. The molecule has 3 fully saturated rings. The second-order valence-corrected chi connectivity index (χ2v) is 16.4. The van der Waals surface area contributed by atoms with Crippen molar-refractivity contribution in [2.24, 2.45) is 0 Å². The van der Waals surface area contributed by atoms with Crippen molar-refractivity contribution < 1.29 is 83.6 Å². The Morgan fingerprint density at radius 2 is 1.46 bits per heavy atom. The number of Topliss-reactive ketones (excluding diaryl/α,β-unsaturated/α-hetero) is 1. The summed E-state index contributed by atoms with van der Waals surface area (Å²) >= 11 is 0. The van der Waals surface area contributed by atoms with Crippen LogP contribution in [0.2, 0.25) is 0 Å². The van der Waals surface area contributed by atoms with Gasteiger partial charge in [-0.05, 0) is 44.5 Å². The molecule has 5 heterocycles. The molecule has 334 valence electrons. The van der Waals surface area contributed by atoms with E-state index in [1.807, 2.05) is 0 Å². The molecule has 7 rings (SSSR count). The monoisotopic (exact) mass is 858 g/mol. The standard InChI is InChI=1S/C43H54O18/c1-4-5-6-7-8-9-10-11-12-23-27-36-28(24(46)17-25(57-36)21-13-15-22(45)16-14-21)32(49)29(37(27)60-61-43(23)40(53)20(3)56-42(43)54)38-39(34(51)31(48)26(18-44)58-38)59-41-35(52)33(50)30(47)19(2)55-41/h13-17,19-20,23,26,30-31,33-35,38-39,41,44-45,47-52H,4-12,18H2,1-3H3/t19-,20+,23+,26+,30-,31+,33+,34-,35+,38-,39+,41-,43-/m0/s1. The molecule has 0 radical (unpaired) electrons. The highest BCUT2D eigenvalue weighted by Gasteiger charge is 2.67. The second-order valence-electron chi connectivity index (χ2n) is 16.4. The fourth-order valence-electron chi connectivity index (χ4n) is 8.88. The lowest BCUT2D eigenvalue weighted by atomic mass is 9.73. The zero-order valence-corrected chi connectivity index (χ0v) is 34.0. The molecule has 0 saturated carbocycles. The first-order valence-corrected chi connectivity index (χ1v) is 20.9. The van der Waals surface area contributed by atoms with Gasteiger partial charge in [-0.3, -0.25) is 9.59 Å². The Labute approximate surface area is 350 Å². The number of aromatic hydroxyl groups is 2. The molecular formula is C43H54O18. The Morgan fingerprint density at radius 1 is 0.787 bits per heavy atom. The number of phenolic OH excluding ortho intramolecular Hbond substituents is 2. The molecule has 18 heteroatoms. The van der Waals surface area contributed by atoms with Crippen LogP contribution < -0.4 is 10.3 Å². The Bertz CT molecular complexity index is 2120. The number of cyclic esters (lactones) is 1. The van der Waals surface area contributed by atoms with Crippen molar-refractivity contribution in [3.05, 3.63) is 51.7 Å². The molecule has 0 amide bonds. The molecule has 1 aromatic heterocycles. The molecule has 4 aliphatic heterocycles. The molecular weight excluding hydrogens is 804 g/mol. The number of aliphatic hydroxyl groups is 6. The van der Waals surface area contributed by atoms with Crippen LogP contribution >= 0.6 is 0 Å². The van der Waals surface area contributed by atoms with Crippen molar-refractivity contribution in [3.8, 4) is 28.6 Å². The number of ether oxygens (including phenoxy) is 4. The van der Waals surface area contributed by atoms with E-state index in [1.54, 1.807) is 0 Å². The van der Waals surface area contributed by atoms with Gasteiger partial charge in [0.2, 0.25) is 5.78 Å². The van der Waals surface area contributed by atoms with Crippen molar-refractivity contribution >= 4 is 22.7 Å². The third kappa shape index (κ3) is 8.03. The van der Waals surface area contributed by atoms with E-state index in [1.165, 1.54) is 38.1 Å². The van der Waals surface area contributed by atoms with Gasteiger partial charge in [0.25, 0.3) is 5.60 Å². The quantitative estimate of drug-likeness (QED) is 0.0500. The van der Waals surface area contributed by atoms with Gasteiger partial charge in [0.15, 0.2) is 23.6 Å². The summed E-state index contributed by atoms with van der Waals surface area (Å²) in [5.41, 5.74) is -3.75. The van der Waals surface area contributed by atoms with Crippen LogP contribution in [0.1, 0.15) is 102 Å². The topological polar surface area (TPSA) is 282 Å². The number of hydrogen-bond acceptors (Lipinski definition) is 18. The Kier molecular flexibility index (Phi) is 13.4. The van der Waals surface area contributed by atoms with E-state index in [0.29, 0.717) is 18.4 Å². The number of rotatable bonds is 14. The van der Waals surface area contributed by atoms with Gasteiger partial charge in [-0.25, -0.2) is 4.79 Å². The number of benzene rings is 2. The smallest absolute Gasteiger partial charge is 0.352 e. The predicted octanol–water partition coefficient (Wildman–Crippen LogP) is 2.43. The normalized spacial score (nSPS) is 33.8. The lowest BCUT2D eigenvalue weighted by Crippen LogP contribution is -2.62. The van der Waals surface area contributed by atoms with Crippen LogP contribution in [0.25, 0.3) is 22.3 Å². The number of ketones is 1. The van der Waals surface area contributed by atoms with Gasteiger partial charge in [0.1, 0.15) is 77.1 Å². The van der Waals surface area contributed by atoms with Gasteiger partial charge in [-0.15, -0.1) is 0 Å². The van der Waals surface area contributed by atoms with Crippen molar-refractivity contribution in [2.45, 2.75) is 157 Å². The summed E-state index contributed by atoms with van der Waals surface area (Å²) in [6, 6.07) is 6.78. The summed E-state index contributed by atoms with van der Waals surface area (Å²) < 4.78 is 29.7. The third-order valence-electron chi connectivity index (χ3n) is 12.3. The van der Waals surface area contributed by atoms with Gasteiger partial charge in [0, 0.05) is 23.1 Å². The average molecular weight is 859 g/mol. The van der Waals surface area contributed by atoms with Crippen LogP contribution in [0.15, 0.2) is 39.5 Å². The van der Waals surface area contributed by atoms with Gasteiger partial charge >= 0.3 is 5.97 Å². The molecule has 2 aromatic carbocycles. The molecule has 3 aromatic rings. The summed E-state index contributed by atoms with van der Waals surface area (Å²) in [6.45, 7) is 4.02. The zero-order chi connectivity index (χ0) is 43.9. The average Bonchev–Trinajstić information content (AvgIpc) is 3.45. The number of phenols is 2. The molecule has 18 nitrogen and oxygen atoms in total. The molecule has 61 heavy (non-hydrogen) atoms. The molecule has 4 aliphatic rings. The largest absolute Gasteiger partial charge is 0.508 e. The SMILES string of the molecule is CCCCCCCCCC[C@@H]1c2c(c([C@@H]3O[C@H](CO)[C@@H](O)[C@H](O)[C@H]3O[C@@H]3O[C@@H](C)[C@H](O)[C@@H](O)[C@H]3O)c(O)c3c(=O)cc(-c4ccc(O)cc4)oc23)OO[C@@]12C(=O)O[C@H](C)C2=O. The van der Waals surface area contributed by atoms with Gasteiger partial charge in [0.05, 0.1) is 18.3 Å². The number of carbonyl (C=O) groups is 2. The number of hydrogen-bond donors (Lipinski definition) is 8. The summed E-state index contributed by atoms with van der Waals surface area (Å²) in [5, 5.41) is 86.5. The third-order valence-corrected chi connectivity index (χ3v) is 12.3. The maximum absolute atomic E-state index is 14.4. The first-order valence-electron chi connectivity index (χ1n) is 20.9. The maximum Gasteiger partial charge on any atom is 0.352 e. The first kappa shape index (κ1) is 44.8. The zero-order valence-electron chi connectivity index (χ0n) is 34.0. The van der Waals surface area contributed by atoms with Crippen molar-refractivity contribution in [2.75, 3.05) is 6.61 Å². The van der Waals surface area contributed by atoms with Crippen LogP contribution in [0.4, 0.5) is 0 Å². The lowest BCUT2D eigenvalue weighted by molar-refractivity contribution is -0.339. The van der Waals surface area contributed by atoms with Crippen molar-refractivity contribution in [1.82, 2.24) is 0 Å². The number of aliphatic hydroxyl groups excluding tert-OH is 6. The molecule has 1 spiro atoms. The highest BCUT2D eigenvalue weighted by molar-refractivity contribution is 6.15. The van der Waals surface area contributed by atoms with Crippen molar-refractivity contribution in [1.29, 1.82) is 0 Å². The van der Waals surface area contributed by atoms with Gasteiger partial charge < -0.3 is 69.1 Å². The summed E-state index contributed by atoms with van der Waals surface area (Å²) in [6.07, 6.45) is -11.2. The number of fused-ring (bicyclic) bond motifs is 3. The van der Waals surface area contributed by atoms with E-state index in [-0.39, 0.29) is 29.1 Å². The fourth-order valence-corrected chi connectivity index (χ4v) is 8.88. The fraction of sp³-hybridized carbons (Fsp3) is 0.605. The Balaban J connectivity index is 1.44. The number of esters is 1. The van der Waals surface area contributed by atoms with Crippen LogP contribution in [0, 0.1) is 0 Å². The van der Waals surface area contributed by atoms with Crippen LogP contribution in [0.5, 0.6) is 17.2 Å². The van der Waals surface area contributed by atoms with Gasteiger partial charge in [-0.1, -0.05) is 58.3 Å². The van der Waals surface area contributed by atoms with Crippen molar-refractivity contribution in [3.63, 3.8) is 0 Å². The Morgan fingerprint density at radius 3 is 2.10 bits per heavy atom. The second kappa shape index (κ2) is 18.3. The minimum Gasteiger partial charge on any atom is -0.508 e. The van der Waals surface area contributed by atoms with Crippen LogP contribution in [0.3, 0.4) is 0 Å². The number of unbranched alkanes of at least 4 members (excludes halogenated alkanes) is 7. The lowest BCUT2D eigenvalue weighted by Gasteiger charge is -2.47. The van der Waals surface area contributed by atoms with E-state index in [0.717, 1.165) is 44.6 Å². The molecule has 0 aliphatic carbocycles. The minimum atomic E-state index is -2.42. The van der Waals surface area contributed by atoms with Crippen LogP contribution in [-0.4, -0.2) is 126 Å². The van der Waals surface area contributed by atoms with Gasteiger partial charge in [-0.2, -0.15) is 4.89 Å². The van der Waals surface area contributed by atoms with E-state index in [2.05, 4.69) is 6.92 Å². The highest BCUT2D eigenvalue weighted by Crippen LogP contribution is 2.57. The molecule has 0 unspecified atom stereocenters. The van der Waals surface area contributed by atoms with E-state index >= 15 is 0 Å². The van der Waals surface area contributed by atoms with E-state index in [4.69, 9.17) is 33.1 Å². The van der Waals surface area contributed by atoms with E-state index in [9.17, 15) is 55.2 Å². The summed E-state index contributed by atoms with van der Waals surface area (Å²) in [4.78, 5) is 54.2. The minimum absolute atomic E-state index is 0.0285. The molecule has 3 saturated heterocycles. The molecule has 0 bridgehead atoms. The highest BCUT2D eigenvalue weighted by atomic mass is 17.2. The molecule has 13 atom stereocenters.